The lowest BCUT2D eigenvalue weighted by Gasteiger charge is -2.34. The first-order valence-electron chi connectivity index (χ1n) is 11.2. The number of hydrogen-bond acceptors (Lipinski definition) is 4. The fourth-order valence-corrected chi connectivity index (χ4v) is 4.28. The lowest BCUT2D eigenvalue weighted by molar-refractivity contribution is 0.262. The molecule has 1 aromatic heterocycles. The van der Waals surface area contributed by atoms with Crippen molar-refractivity contribution in [2.75, 3.05) is 48.8 Å². The van der Waals surface area contributed by atoms with Crippen LogP contribution in [0.4, 0.5) is 21.9 Å². The molecule has 1 saturated heterocycles. The Morgan fingerprint density at radius 1 is 0.848 bits per heavy atom. The summed E-state index contributed by atoms with van der Waals surface area (Å²) in [7, 11) is 2.15. The molecule has 2 amide bonds. The Hall–Kier alpha value is -3.90. The van der Waals surface area contributed by atoms with Crippen LogP contribution in [0.2, 0.25) is 0 Å². The molecule has 33 heavy (non-hydrogen) atoms. The Bertz CT molecular complexity index is 1270. The summed E-state index contributed by atoms with van der Waals surface area (Å²) in [6.07, 6.45) is 1.86. The maximum atomic E-state index is 12.9. The molecule has 6 heteroatoms. The van der Waals surface area contributed by atoms with Crippen LogP contribution in [-0.2, 0) is 0 Å². The van der Waals surface area contributed by atoms with Gasteiger partial charge in [-0.05, 0) is 42.9 Å². The second kappa shape index (κ2) is 9.30. The minimum atomic E-state index is -0.275. The van der Waals surface area contributed by atoms with Gasteiger partial charge in [-0.25, -0.2) is 4.79 Å². The van der Waals surface area contributed by atoms with E-state index in [0.717, 1.165) is 65.3 Å². The number of carbonyl (C=O) groups is 1. The molecule has 1 aliphatic rings. The van der Waals surface area contributed by atoms with Gasteiger partial charge in [0.05, 0.1) is 11.2 Å². The quantitative estimate of drug-likeness (QED) is 0.455. The highest BCUT2D eigenvalue weighted by Crippen LogP contribution is 2.30. The predicted octanol–water partition coefficient (Wildman–Crippen LogP) is 5.30. The van der Waals surface area contributed by atoms with Gasteiger partial charge in [-0.15, -0.1) is 0 Å². The number of urea groups is 1. The maximum absolute atomic E-state index is 12.9. The summed E-state index contributed by atoms with van der Waals surface area (Å²) in [5.41, 5.74) is 5.62. The minimum absolute atomic E-state index is 0.275. The smallest absolute Gasteiger partial charge is 0.323 e. The average Bonchev–Trinajstić information content (AvgIpc) is 2.85. The van der Waals surface area contributed by atoms with Crippen LogP contribution in [0.5, 0.6) is 0 Å². The number of pyridine rings is 1. The van der Waals surface area contributed by atoms with Crippen LogP contribution in [0, 0.1) is 0 Å². The number of para-hydroxylation sites is 1. The Kier molecular flexibility index (Phi) is 5.91. The molecule has 1 aliphatic heterocycles. The van der Waals surface area contributed by atoms with E-state index < -0.39 is 0 Å². The second-order valence-corrected chi connectivity index (χ2v) is 8.34. The summed E-state index contributed by atoms with van der Waals surface area (Å²) in [6.45, 7) is 4.02. The first kappa shape index (κ1) is 21.0. The molecule has 0 bridgehead atoms. The van der Waals surface area contributed by atoms with E-state index in [1.54, 1.807) is 0 Å². The molecule has 0 aliphatic carbocycles. The van der Waals surface area contributed by atoms with E-state index >= 15 is 0 Å². The highest BCUT2D eigenvalue weighted by molar-refractivity contribution is 6.04. The zero-order chi connectivity index (χ0) is 22.6. The van der Waals surface area contributed by atoms with Crippen LogP contribution < -0.4 is 15.5 Å². The third-order valence-corrected chi connectivity index (χ3v) is 6.08. The third kappa shape index (κ3) is 4.66. The van der Waals surface area contributed by atoms with Gasteiger partial charge < -0.3 is 20.4 Å². The van der Waals surface area contributed by atoms with Gasteiger partial charge in [0.15, 0.2) is 0 Å². The number of nitrogens with zero attached hydrogens (tertiary/aromatic N) is 3. The van der Waals surface area contributed by atoms with Crippen molar-refractivity contribution in [3.8, 4) is 11.1 Å². The van der Waals surface area contributed by atoms with Gasteiger partial charge in [0.1, 0.15) is 0 Å². The molecule has 4 aromatic rings. The van der Waals surface area contributed by atoms with E-state index in [1.807, 2.05) is 79.0 Å². The standard InChI is InChI=1S/C27H27N5O/c1-31-15-17-32(18-16-31)26-13-14-28-24-12-11-21(19-23(24)26)29-27(33)30-25-10-6-5-9-22(25)20-7-3-2-4-8-20/h2-14,19H,15-18H2,1H3,(H2,29,30,33). The summed E-state index contributed by atoms with van der Waals surface area (Å²) in [5.74, 6) is 0. The van der Waals surface area contributed by atoms with E-state index in [2.05, 4.69) is 38.5 Å². The number of rotatable bonds is 4. The van der Waals surface area contributed by atoms with Gasteiger partial charge in [0.25, 0.3) is 0 Å². The maximum Gasteiger partial charge on any atom is 0.323 e. The molecule has 1 fully saturated rings. The summed E-state index contributed by atoms with van der Waals surface area (Å²) in [4.78, 5) is 22.1. The topological polar surface area (TPSA) is 60.5 Å². The highest BCUT2D eigenvalue weighted by Gasteiger charge is 2.17. The molecular weight excluding hydrogens is 410 g/mol. The molecule has 0 saturated carbocycles. The van der Waals surface area contributed by atoms with Gasteiger partial charge in [-0.2, -0.15) is 0 Å². The van der Waals surface area contributed by atoms with Crippen LogP contribution in [0.3, 0.4) is 0 Å². The van der Waals surface area contributed by atoms with Crippen molar-refractivity contribution in [3.05, 3.63) is 85.1 Å². The number of hydrogen-bond donors (Lipinski definition) is 2. The molecule has 0 atom stereocenters. The zero-order valence-electron chi connectivity index (χ0n) is 18.7. The average molecular weight is 438 g/mol. The largest absolute Gasteiger partial charge is 0.368 e. The fraction of sp³-hybridized carbons (Fsp3) is 0.185. The van der Waals surface area contributed by atoms with E-state index in [0.29, 0.717) is 0 Å². The molecule has 0 spiro atoms. The number of aromatic nitrogens is 1. The minimum Gasteiger partial charge on any atom is -0.368 e. The van der Waals surface area contributed by atoms with E-state index in [4.69, 9.17) is 0 Å². The van der Waals surface area contributed by atoms with Crippen molar-refractivity contribution in [3.63, 3.8) is 0 Å². The lowest BCUT2D eigenvalue weighted by atomic mass is 10.0. The first-order valence-corrected chi connectivity index (χ1v) is 11.2. The molecule has 0 radical (unpaired) electrons. The number of benzene rings is 3. The van der Waals surface area contributed by atoms with E-state index in [9.17, 15) is 4.79 Å². The van der Waals surface area contributed by atoms with E-state index in [-0.39, 0.29) is 6.03 Å². The van der Waals surface area contributed by atoms with Gasteiger partial charge >= 0.3 is 6.03 Å². The molecule has 166 valence electrons. The van der Waals surface area contributed by atoms with Crippen LogP contribution >= 0.6 is 0 Å². The Morgan fingerprint density at radius 2 is 1.61 bits per heavy atom. The molecule has 2 N–H and O–H groups in total. The zero-order valence-corrected chi connectivity index (χ0v) is 18.7. The Labute approximate surface area is 193 Å². The van der Waals surface area contributed by atoms with Gasteiger partial charge in [-0.1, -0.05) is 48.5 Å². The summed E-state index contributed by atoms with van der Waals surface area (Å²) >= 11 is 0. The summed E-state index contributed by atoms with van der Waals surface area (Å²) in [5, 5.41) is 7.05. The van der Waals surface area contributed by atoms with Gasteiger partial charge in [0, 0.05) is 54.7 Å². The number of fused-ring (bicyclic) bond motifs is 1. The highest BCUT2D eigenvalue weighted by atomic mass is 16.2. The Balaban J connectivity index is 1.37. The molecule has 3 aromatic carbocycles. The van der Waals surface area contributed by atoms with Crippen LogP contribution in [0.25, 0.3) is 22.0 Å². The lowest BCUT2D eigenvalue weighted by Crippen LogP contribution is -2.44. The van der Waals surface area contributed by atoms with Crippen LogP contribution in [0.1, 0.15) is 0 Å². The Morgan fingerprint density at radius 3 is 2.42 bits per heavy atom. The van der Waals surface area contributed by atoms with E-state index in [1.165, 1.54) is 0 Å². The van der Waals surface area contributed by atoms with Crippen LogP contribution in [-0.4, -0.2) is 49.1 Å². The number of anilines is 3. The predicted molar refractivity (Wildman–Crippen MR) is 136 cm³/mol. The molecule has 2 heterocycles. The van der Waals surface area contributed by atoms with Crippen molar-refractivity contribution < 1.29 is 4.79 Å². The number of piperazine rings is 1. The van der Waals surface area contributed by atoms with Crippen LogP contribution in [0.15, 0.2) is 85.1 Å². The summed E-state index contributed by atoms with van der Waals surface area (Å²) in [6, 6.07) is 25.5. The normalized spacial score (nSPS) is 14.3. The SMILES string of the molecule is CN1CCN(c2ccnc3ccc(NC(=O)Nc4ccccc4-c4ccccc4)cc23)CC1. The second-order valence-electron chi connectivity index (χ2n) is 8.34. The number of amides is 2. The monoisotopic (exact) mass is 437 g/mol. The van der Waals surface area contributed by atoms with Crippen molar-refractivity contribution >= 4 is 34.0 Å². The fourth-order valence-electron chi connectivity index (χ4n) is 4.28. The van der Waals surface area contributed by atoms with Crippen molar-refractivity contribution in [1.82, 2.24) is 9.88 Å². The van der Waals surface area contributed by atoms with Crippen molar-refractivity contribution in [1.29, 1.82) is 0 Å². The van der Waals surface area contributed by atoms with Gasteiger partial charge in [0.2, 0.25) is 0 Å². The van der Waals surface area contributed by atoms with Gasteiger partial charge in [-0.3, -0.25) is 4.98 Å². The number of nitrogens with one attached hydrogen (secondary N) is 2. The molecule has 0 unspecified atom stereocenters. The molecule has 5 rings (SSSR count). The van der Waals surface area contributed by atoms with Crippen molar-refractivity contribution in [2.24, 2.45) is 0 Å². The summed E-state index contributed by atoms with van der Waals surface area (Å²) < 4.78 is 0. The van der Waals surface area contributed by atoms with Crippen molar-refractivity contribution in [2.45, 2.75) is 0 Å². The first-order chi connectivity index (χ1) is 16.2. The third-order valence-electron chi connectivity index (χ3n) is 6.08. The number of likely N-dealkylation sites (N-methyl/N-ethyl adjacent to an activating group) is 1. The molecular formula is C27H27N5O. The number of carbonyl (C=O) groups excluding carboxylic acids is 1. The molecule has 6 nitrogen and oxygen atoms in total.